The third-order valence-corrected chi connectivity index (χ3v) is 5.24. The van der Waals surface area contributed by atoms with Crippen molar-refractivity contribution < 1.29 is 9.90 Å². The number of benzene rings is 1. The molecule has 2 rings (SSSR count). The first-order valence-electron chi connectivity index (χ1n) is 8.17. The second-order valence-electron chi connectivity index (χ2n) is 6.22. The second-order valence-corrected chi connectivity index (χ2v) is 7.20. The molecular formula is C18H24N2O2S. The Kier molecular flexibility index (Phi) is 6.94. The topological polar surface area (TPSA) is 73.1 Å². The predicted octanol–water partition coefficient (Wildman–Crippen LogP) is 2.99. The maximum atomic E-state index is 11.9. The third kappa shape index (κ3) is 6.25. The molecule has 0 radical (unpaired) electrons. The fourth-order valence-corrected chi connectivity index (χ4v) is 3.63. The summed E-state index contributed by atoms with van der Waals surface area (Å²) in [5, 5.41) is 22.1. The maximum absolute atomic E-state index is 11.9. The number of hydrogen-bond acceptors (Lipinski definition) is 4. The number of nitrogens with one attached hydrogen (secondary N) is 1. The van der Waals surface area contributed by atoms with Crippen molar-refractivity contribution in [1.29, 1.82) is 5.26 Å². The van der Waals surface area contributed by atoms with Gasteiger partial charge in [0.1, 0.15) is 0 Å². The molecule has 0 bridgehead atoms. The number of hydrogen-bond donors (Lipinski definition) is 2. The summed E-state index contributed by atoms with van der Waals surface area (Å²) in [7, 11) is 0. The summed E-state index contributed by atoms with van der Waals surface area (Å²) in [6.07, 6.45) is 6.00. The summed E-state index contributed by atoms with van der Waals surface area (Å²) in [5.41, 5.74) is 1.03. The van der Waals surface area contributed by atoms with Crippen LogP contribution in [-0.2, 0) is 10.5 Å². The van der Waals surface area contributed by atoms with Crippen molar-refractivity contribution in [1.82, 2.24) is 5.32 Å². The fraction of sp³-hybridized carbons (Fsp3) is 0.556. The Balaban J connectivity index is 1.67. The zero-order valence-corrected chi connectivity index (χ0v) is 14.2. The molecule has 0 spiro atoms. The van der Waals surface area contributed by atoms with Gasteiger partial charge in [-0.05, 0) is 30.5 Å². The lowest BCUT2D eigenvalue weighted by molar-refractivity contribution is -0.120. The SMILES string of the molecule is N#Cc1ccc(CSCC(=O)NCC2(O)CCCCCC2)cc1. The molecule has 4 nitrogen and oxygen atoms in total. The van der Waals surface area contributed by atoms with Crippen LogP contribution in [0.1, 0.15) is 49.7 Å². The quantitative estimate of drug-likeness (QED) is 0.786. The van der Waals surface area contributed by atoms with Crippen LogP contribution in [0.2, 0.25) is 0 Å². The molecule has 1 aliphatic rings. The molecule has 1 saturated carbocycles. The van der Waals surface area contributed by atoms with Crippen molar-refractivity contribution in [3.63, 3.8) is 0 Å². The molecule has 1 amide bonds. The first-order chi connectivity index (χ1) is 11.1. The molecule has 0 aliphatic heterocycles. The summed E-state index contributed by atoms with van der Waals surface area (Å²) >= 11 is 1.54. The summed E-state index contributed by atoms with van der Waals surface area (Å²) in [6, 6.07) is 9.50. The van der Waals surface area contributed by atoms with Crippen LogP contribution in [0.25, 0.3) is 0 Å². The van der Waals surface area contributed by atoms with E-state index in [-0.39, 0.29) is 5.91 Å². The second kappa shape index (κ2) is 8.95. The van der Waals surface area contributed by atoms with Gasteiger partial charge >= 0.3 is 0 Å². The highest BCUT2D eigenvalue weighted by atomic mass is 32.2. The fourth-order valence-electron chi connectivity index (χ4n) is 2.81. The van der Waals surface area contributed by atoms with Crippen molar-refractivity contribution >= 4 is 17.7 Å². The number of aliphatic hydroxyl groups is 1. The number of thioether (sulfide) groups is 1. The van der Waals surface area contributed by atoms with Crippen LogP contribution in [0.3, 0.4) is 0 Å². The van der Waals surface area contributed by atoms with Crippen LogP contribution in [-0.4, -0.2) is 28.9 Å². The molecular weight excluding hydrogens is 308 g/mol. The van der Waals surface area contributed by atoms with Gasteiger partial charge in [0, 0.05) is 12.3 Å². The van der Waals surface area contributed by atoms with Crippen LogP contribution in [0.4, 0.5) is 0 Å². The smallest absolute Gasteiger partial charge is 0.230 e. The molecule has 1 aromatic carbocycles. The average molecular weight is 332 g/mol. The molecule has 2 N–H and O–H groups in total. The molecule has 0 atom stereocenters. The highest BCUT2D eigenvalue weighted by Gasteiger charge is 2.28. The molecule has 5 heteroatoms. The average Bonchev–Trinajstić information content (AvgIpc) is 2.79. The van der Waals surface area contributed by atoms with Gasteiger partial charge in [-0.1, -0.05) is 37.8 Å². The summed E-state index contributed by atoms with van der Waals surface area (Å²) in [4.78, 5) is 11.9. The molecule has 0 saturated heterocycles. The zero-order chi connectivity index (χ0) is 16.5. The standard InChI is InChI=1S/C18H24N2O2S/c19-11-15-5-7-16(8-6-15)12-23-13-17(21)20-14-18(22)9-3-1-2-4-10-18/h5-8,22H,1-4,9-10,12-14H2,(H,20,21). The molecule has 0 heterocycles. The van der Waals surface area contributed by atoms with Gasteiger partial charge in [0.2, 0.25) is 5.91 Å². The Bertz CT molecular complexity index is 543. The van der Waals surface area contributed by atoms with Gasteiger partial charge in [0.25, 0.3) is 0 Å². The van der Waals surface area contributed by atoms with E-state index in [0.717, 1.165) is 37.0 Å². The van der Waals surface area contributed by atoms with Crippen LogP contribution in [0, 0.1) is 11.3 Å². The summed E-state index contributed by atoms with van der Waals surface area (Å²) in [6.45, 7) is 0.364. The molecule has 0 aromatic heterocycles. The minimum Gasteiger partial charge on any atom is -0.388 e. The van der Waals surface area contributed by atoms with Crippen molar-refractivity contribution in [2.24, 2.45) is 0 Å². The van der Waals surface area contributed by atoms with Crippen LogP contribution >= 0.6 is 11.8 Å². The molecule has 1 aromatic rings. The van der Waals surface area contributed by atoms with E-state index in [1.165, 1.54) is 12.8 Å². The van der Waals surface area contributed by atoms with Gasteiger partial charge in [-0.15, -0.1) is 11.8 Å². The van der Waals surface area contributed by atoms with Gasteiger partial charge in [0.15, 0.2) is 0 Å². The van der Waals surface area contributed by atoms with Crippen molar-refractivity contribution in [2.75, 3.05) is 12.3 Å². The summed E-state index contributed by atoms with van der Waals surface area (Å²) < 4.78 is 0. The first kappa shape index (κ1) is 17.8. The van der Waals surface area contributed by atoms with Crippen molar-refractivity contribution in [3.05, 3.63) is 35.4 Å². The lowest BCUT2D eigenvalue weighted by atomic mass is 9.94. The van der Waals surface area contributed by atoms with Gasteiger partial charge in [-0.25, -0.2) is 0 Å². The van der Waals surface area contributed by atoms with E-state index < -0.39 is 5.60 Å². The van der Waals surface area contributed by atoms with E-state index in [1.54, 1.807) is 23.9 Å². The van der Waals surface area contributed by atoms with Crippen molar-refractivity contribution in [2.45, 2.75) is 49.9 Å². The highest BCUT2D eigenvalue weighted by Crippen LogP contribution is 2.26. The predicted molar refractivity (Wildman–Crippen MR) is 93.0 cm³/mol. The Morgan fingerprint density at radius 3 is 2.48 bits per heavy atom. The van der Waals surface area contributed by atoms with Gasteiger partial charge < -0.3 is 10.4 Å². The molecule has 1 aliphatic carbocycles. The molecule has 1 fully saturated rings. The van der Waals surface area contributed by atoms with Crippen LogP contribution < -0.4 is 5.32 Å². The van der Waals surface area contributed by atoms with E-state index in [9.17, 15) is 9.90 Å². The van der Waals surface area contributed by atoms with Crippen LogP contribution in [0.5, 0.6) is 0 Å². The lowest BCUT2D eigenvalue weighted by Gasteiger charge is -2.26. The molecule has 0 unspecified atom stereocenters. The third-order valence-electron chi connectivity index (χ3n) is 4.23. The first-order valence-corrected chi connectivity index (χ1v) is 9.33. The van der Waals surface area contributed by atoms with E-state index in [2.05, 4.69) is 11.4 Å². The summed E-state index contributed by atoms with van der Waals surface area (Å²) in [5.74, 6) is 1.10. The van der Waals surface area contributed by atoms with E-state index in [0.29, 0.717) is 17.9 Å². The Labute approximate surface area is 142 Å². The Morgan fingerprint density at radius 2 is 1.87 bits per heavy atom. The van der Waals surface area contributed by atoms with Gasteiger partial charge in [-0.2, -0.15) is 5.26 Å². The number of amides is 1. The van der Waals surface area contributed by atoms with Gasteiger partial charge in [-0.3, -0.25) is 4.79 Å². The molecule has 23 heavy (non-hydrogen) atoms. The monoisotopic (exact) mass is 332 g/mol. The number of nitrogens with zero attached hydrogens (tertiary/aromatic N) is 1. The normalized spacial score (nSPS) is 17.0. The number of rotatable bonds is 6. The Hall–Kier alpha value is -1.51. The highest BCUT2D eigenvalue weighted by molar-refractivity contribution is 7.99. The van der Waals surface area contributed by atoms with Gasteiger partial charge in [0.05, 0.1) is 23.0 Å². The molecule has 124 valence electrons. The largest absolute Gasteiger partial charge is 0.388 e. The van der Waals surface area contributed by atoms with E-state index in [1.807, 2.05) is 12.1 Å². The minimum atomic E-state index is -0.718. The number of carbonyl (C=O) groups excluding carboxylic acids is 1. The van der Waals surface area contributed by atoms with Crippen LogP contribution in [0.15, 0.2) is 24.3 Å². The van der Waals surface area contributed by atoms with E-state index in [4.69, 9.17) is 5.26 Å². The zero-order valence-electron chi connectivity index (χ0n) is 13.4. The van der Waals surface area contributed by atoms with E-state index >= 15 is 0 Å². The Morgan fingerprint density at radius 1 is 1.22 bits per heavy atom. The minimum absolute atomic E-state index is 0.0266. The lowest BCUT2D eigenvalue weighted by Crippen LogP contribution is -2.43. The number of carbonyl (C=O) groups is 1. The van der Waals surface area contributed by atoms with Crippen molar-refractivity contribution in [3.8, 4) is 6.07 Å². The maximum Gasteiger partial charge on any atom is 0.230 e. The number of nitriles is 1.